The minimum atomic E-state index is 0.719. The molecule has 19 heavy (non-hydrogen) atoms. The highest BCUT2D eigenvalue weighted by molar-refractivity contribution is 6.32. The molecule has 1 atom stereocenters. The first-order valence-corrected chi connectivity index (χ1v) is 7.56. The maximum Gasteiger partial charge on any atom is 0.140 e. The number of aryl methyl sites for hydroxylation is 2. The number of benzene rings is 1. The number of hydrogen-bond acceptors (Lipinski definition) is 2. The molecule has 1 heterocycles. The summed E-state index contributed by atoms with van der Waals surface area (Å²) >= 11 is 6.24. The van der Waals surface area contributed by atoms with E-state index in [0.29, 0.717) is 0 Å². The second-order valence-corrected chi connectivity index (χ2v) is 6.20. The molecule has 1 aromatic rings. The number of piperidine rings is 1. The van der Waals surface area contributed by atoms with Crippen molar-refractivity contribution in [1.29, 1.82) is 0 Å². The standard InChI is InChI=1S/C16H24ClNO/c1-12-5-4-6-18(11-12)7-8-19-16-14(3)9-13(2)10-15(16)17/h9-10,12H,4-8,11H2,1-3H3. The third-order valence-electron chi connectivity index (χ3n) is 3.77. The molecule has 0 aromatic heterocycles. The third kappa shape index (κ3) is 4.12. The summed E-state index contributed by atoms with van der Waals surface area (Å²) in [6, 6.07) is 4.08. The summed E-state index contributed by atoms with van der Waals surface area (Å²) in [7, 11) is 0. The van der Waals surface area contributed by atoms with E-state index in [1.54, 1.807) is 0 Å². The van der Waals surface area contributed by atoms with Gasteiger partial charge in [0.05, 0.1) is 5.02 Å². The normalized spacial score (nSPS) is 20.5. The molecule has 106 valence electrons. The number of rotatable bonds is 4. The minimum absolute atomic E-state index is 0.719. The molecule has 0 aliphatic carbocycles. The molecular formula is C16H24ClNO. The molecule has 1 unspecified atom stereocenters. The Bertz CT molecular complexity index is 410. The minimum Gasteiger partial charge on any atom is -0.490 e. The second kappa shape index (κ2) is 6.62. The van der Waals surface area contributed by atoms with Crippen molar-refractivity contribution in [1.82, 2.24) is 4.90 Å². The number of halogens is 1. The van der Waals surface area contributed by atoms with E-state index in [2.05, 4.69) is 31.7 Å². The van der Waals surface area contributed by atoms with Crippen molar-refractivity contribution >= 4 is 11.6 Å². The van der Waals surface area contributed by atoms with Gasteiger partial charge < -0.3 is 4.74 Å². The molecule has 1 aliphatic rings. The molecule has 0 bridgehead atoms. The molecule has 1 aliphatic heterocycles. The third-order valence-corrected chi connectivity index (χ3v) is 4.05. The monoisotopic (exact) mass is 281 g/mol. The van der Waals surface area contributed by atoms with Crippen LogP contribution in [0.25, 0.3) is 0 Å². The summed E-state index contributed by atoms with van der Waals surface area (Å²) in [5, 5.41) is 0.726. The van der Waals surface area contributed by atoms with Gasteiger partial charge in [0.25, 0.3) is 0 Å². The lowest BCUT2D eigenvalue weighted by Gasteiger charge is -2.30. The first-order chi connectivity index (χ1) is 9.06. The summed E-state index contributed by atoms with van der Waals surface area (Å²) in [4.78, 5) is 2.49. The maximum atomic E-state index is 6.24. The van der Waals surface area contributed by atoms with Gasteiger partial charge in [0.2, 0.25) is 0 Å². The Kier molecular flexibility index (Phi) is 5.12. The largest absolute Gasteiger partial charge is 0.490 e. The van der Waals surface area contributed by atoms with Gasteiger partial charge in [0.15, 0.2) is 0 Å². The molecule has 3 heteroatoms. The van der Waals surface area contributed by atoms with E-state index >= 15 is 0 Å². The zero-order chi connectivity index (χ0) is 13.8. The Morgan fingerprint density at radius 2 is 2.16 bits per heavy atom. The Morgan fingerprint density at radius 3 is 2.84 bits per heavy atom. The van der Waals surface area contributed by atoms with Crippen molar-refractivity contribution in [3.63, 3.8) is 0 Å². The van der Waals surface area contributed by atoms with E-state index in [4.69, 9.17) is 16.3 Å². The lowest BCUT2D eigenvalue weighted by Crippen LogP contribution is -2.37. The van der Waals surface area contributed by atoms with Crippen molar-refractivity contribution in [3.05, 3.63) is 28.3 Å². The average molecular weight is 282 g/mol. The van der Waals surface area contributed by atoms with Crippen molar-refractivity contribution in [3.8, 4) is 5.75 Å². The highest BCUT2D eigenvalue weighted by Gasteiger charge is 2.16. The fourth-order valence-corrected chi connectivity index (χ4v) is 3.23. The van der Waals surface area contributed by atoms with E-state index in [9.17, 15) is 0 Å². The van der Waals surface area contributed by atoms with Crippen LogP contribution in [-0.2, 0) is 0 Å². The van der Waals surface area contributed by atoms with Gasteiger partial charge in [0.1, 0.15) is 12.4 Å². The van der Waals surface area contributed by atoms with Crippen molar-refractivity contribution in [2.75, 3.05) is 26.2 Å². The zero-order valence-corrected chi connectivity index (χ0v) is 13.0. The zero-order valence-electron chi connectivity index (χ0n) is 12.2. The van der Waals surface area contributed by atoms with Crippen LogP contribution in [0.3, 0.4) is 0 Å². The van der Waals surface area contributed by atoms with Gasteiger partial charge >= 0.3 is 0 Å². The lowest BCUT2D eigenvalue weighted by atomic mass is 10.0. The summed E-state index contributed by atoms with van der Waals surface area (Å²) in [6.45, 7) is 10.5. The highest BCUT2D eigenvalue weighted by Crippen LogP contribution is 2.29. The van der Waals surface area contributed by atoms with E-state index in [0.717, 1.165) is 35.4 Å². The SMILES string of the molecule is Cc1cc(C)c(OCCN2CCCC(C)C2)c(Cl)c1. The quantitative estimate of drug-likeness (QED) is 0.825. The number of hydrogen-bond donors (Lipinski definition) is 0. The van der Waals surface area contributed by atoms with Crippen LogP contribution in [-0.4, -0.2) is 31.1 Å². The Labute approximate surface area is 121 Å². The van der Waals surface area contributed by atoms with Crippen LogP contribution in [0.4, 0.5) is 0 Å². The Hall–Kier alpha value is -0.730. The fourth-order valence-electron chi connectivity index (χ4n) is 2.85. The highest BCUT2D eigenvalue weighted by atomic mass is 35.5. The Balaban J connectivity index is 1.85. The van der Waals surface area contributed by atoms with Gasteiger partial charge in [-0.3, -0.25) is 4.90 Å². The van der Waals surface area contributed by atoms with Crippen LogP contribution in [0.15, 0.2) is 12.1 Å². The molecule has 1 aromatic carbocycles. The number of ether oxygens (including phenoxy) is 1. The fraction of sp³-hybridized carbons (Fsp3) is 0.625. The smallest absolute Gasteiger partial charge is 0.140 e. The lowest BCUT2D eigenvalue weighted by molar-refractivity contribution is 0.153. The predicted octanol–water partition coefficient (Wildman–Crippen LogP) is 4.07. The summed E-state index contributed by atoms with van der Waals surface area (Å²) in [5.41, 5.74) is 2.30. The van der Waals surface area contributed by atoms with Crippen LogP contribution in [0.5, 0.6) is 5.75 Å². The molecule has 2 rings (SSSR count). The van der Waals surface area contributed by atoms with Crippen molar-refractivity contribution in [2.45, 2.75) is 33.6 Å². The van der Waals surface area contributed by atoms with E-state index in [1.807, 2.05) is 6.07 Å². The molecule has 0 saturated carbocycles. The Morgan fingerprint density at radius 1 is 1.37 bits per heavy atom. The van der Waals surface area contributed by atoms with Crippen LogP contribution in [0.2, 0.25) is 5.02 Å². The number of likely N-dealkylation sites (tertiary alicyclic amines) is 1. The van der Waals surface area contributed by atoms with Gasteiger partial charge in [0, 0.05) is 13.1 Å². The van der Waals surface area contributed by atoms with E-state index in [-0.39, 0.29) is 0 Å². The molecular weight excluding hydrogens is 258 g/mol. The van der Waals surface area contributed by atoms with E-state index < -0.39 is 0 Å². The van der Waals surface area contributed by atoms with E-state index in [1.165, 1.54) is 31.5 Å². The van der Waals surface area contributed by atoms with Crippen molar-refractivity contribution < 1.29 is 4.74 Å². The van der Waals surface area contributed by atoms with Gasteiger partial charge in [-0.1, -0.05) is 24.6 Å². The second-order valence-electron chi connectivity index (χ2n) is 5.79. The maximum absolute atomic E-state index is 6.24. The molecule has 2 nitrogen and oxygen atoms in total. The average Bonchev–Trinajstić information content (AvgIpc) is 2.32. The van der Waals surface area contributed by atoms with Gasteiger partial charge in [-0.25, -0.2) is 0 Å². The molecule has 1 fully saturated rings. The van der Waals surface area contributed by atoms with Crippen LogP contribution in [0.1, 0.15) is 30.9 Å². The van der Waals surface area contributed by atoms with Gasteiger partial charge in [-0.15, -0.1) is 0 Å². The molecule has 0 spiro atoms. The summed E-state index contributed by atoms with van der Waals surface area (Å²) in [5.74, 6) is 1.66. The van der Waals surface area contributed by atoms with Crippen LogP contribution in [0, 0.1) is 19.8 Å². The molecule has 0 N–H and O–H groups in total. The van der Waals surface area contributed by atoms with Gasteiger partial charge in [-0.05, 0) is 56.3 Å². The van der Waals surface area contributed by atoms with Crippen LogP contribution >= 0.6 is 11.6 Å². The van der Waals surface area contributed by atoms with Crippen LogP contribution < -0.4 is 4.74 Å². The topological polar surface area (TPSA) is 12.5 Å². The first kappa shape index (κ1) is 14.7. The van der Waals surface area contributed by atoms with Crippen molar-refractivity contribution in [2.24, 2.45) is 5.92 Å². The molecule has 0 radical (unpaired) electrons. The predicted molar refractivity (Wildman–Crippen MR) is 81.3 cm³/mol. The molecule has 1 saturated heterocycles. The first-order valence-electron chi connectivity index (χ1n) is 7.18. The summed E-state index contributed by atoms with van der Waals surface area (Å²) < 4.78 is 5.89. The molecule has 0 amide bonds. The van der Waals surface area contributed by atoms with Gasteiger partial charge in [-0.2, -0.15) is 0 Å². The number of nitrogens with zero attached hydrogens (tertiary/aromatic N) is 1. The summed E-state index contributed by atoms with van der Waals surface area (Å²) in [6.07, 6.45) is 2.67.